The molecule has 2 rings (SSSR count). The number of nitrogens with one attached hydrogen (secondary N) is 1. The van der Waals surface area contributed by atoms with Crippen molar-refractivity contribution in [1.29, 1.82) is 0 Å². The summed E-state index contributed by atoms with van der Waals surface area (Å²) >= 11 is 0. The fourth-order valence-electron chi connectivity index (χ4n) is 2.24. The Balaban J connectivity index is 2.05. The maximum Gasteiger partial charge on any atom is 0.416 e. The number of carbonyl (C=O) groups is 2. The molecule has 0 aliphatic carbocycles. The molecule has 1 N–H and O–H groups in total. The first-order valence-electron chi connectivity index (χ1n) is 7.96. The van der Waals surface area contributed by atoms with Gasteiger partial charge in [0.2, 0.25) is 0 Å². The van der Waals surface area contributed by atoms with E-state index in [9.17, 15) is 32.9 Å². The Bertz CT molecular complexity index is 885. The Morgan fingerprint density at radius 1 is 1.18 bits per heavy atom. The largest absolute Gasteiger partial charge is 0.456 e. The lowest BCUT2D eigenvalue weighted by atomic mass is 10.1. The number of rotatable bonds is 7. The van der Waals surface area contributed by atoms with Crippen LogP contribution in [0.1, 0.15) is 22.8 Å². The molecule has 7 nitrogen and oxygen atoms in total. The zero-order valence-electron chi connectivity index (χ0n) is 14.5. The predicted molar refractivity (Wildman–Crippen MR) is 92.9 cm³/mol. The lowest BCUT2D eigenvalue weighted by Crippen LogP contribution is -2.30. The highest BCUT2D eigenvalue weighted by molar-refractivity contribution is 5.98. The van der Waals surface area contributed by atoms with Gasteiger partial charge >= 0.3 is 12.1 Å². The molecule has 0 aliphatic heterocycles. The molecule has 148 valence electrons. The van der Waals surface area contributed by atoms with E-state index in [1.165, 1.54) is 6.92 Å². The minimum atomic E-state index is -4.74. The molecule has 10 heteroatoms. The maximum absolute atomic E-state index is 12.7. The van der Waals surface area contributed by atoms with E-state index in [1.807, 2.05) is 0 Å². The van der Waals surface area contributed by atoms with Crippen LogP contribution in [-0.4, -0.2) is 29.3 Å². The van der Waals surface area contributed by atoms with Crippen LogP contribution in [0.25, 0.3) is 0 Å². The summed E-state index contributed by atoms with van der Waals surface area (Å²) < 4.78 is 43.0. The highest BCUT2D eigenvalue weighted by atomic mass is 19.4. The molecular weight excluding hydrogens is 381 g/mol. The number of benzene rings is 2. The lowest BCUT2D eigenvalue weighted by molar-refractivity contribution is -0.384. The molecule has 28 heavy (non-hydrogen) atoms. The summed E-state index contributed by atoms with van der Waals surface area (Å²) in [5.74, 6) is -1.33. The van der Waals surface area contributed by atoms with Gasteiger partial charge in [0.05, 0.1) is 10.5 Å². The fourth-order valence-corrected chi connectivity index (χ4v) is 2.24. The van der Waals surface area contributed by atoms with Crippen LogP contribution < -0.4 is 5.32 Å². The first kappa shape index (κ1) is 20.9. The van der Waals surface area contributed by atoms with E-state index in [-0.39, 0.29) is 5.69 Å². The Kier molecular flexibility index (Phi) is 6.34. The van der Waals surface area contributed by atoms with Gasteiger partial charge < -0.3 is 10.1 Å². The lowest BCUT2D eigenvalue weighted by Gasteiger charge is -2.15. The molecule has 0 radical (unpaired) electrons. The van der Waals surface area contributed by atoms with E-state index in [0.29, 0.717) is 17.7 Å². The number of ketones is 1. The number of halogens is 3. The maximum atomic E-state index is 12.7. The van der Waals surface area contributed by atoms with Crippen molar-refractivity contribution in [2.24, 2.45) is 0 Å². The van der Waals surface area contributed by atoms with Crippen molar-refractivity contribution >= 4 is 23.1 Å². The number of alkyl halides is 3. The van der Waals surface area contributed by atoms with Gasteiger partial charge in [0.1, 0.15) is 11.7 Å². The van der Waals surface area contributed by atoms with Gasteiger partial charge in [0.25, 0.3) is 5.69 Å². The first-order valence-corrected chi connectivity index (χ1v) is 7.96. The second-order valence-corrected chi connectivity index (χ2v) is 5.75. The zero-order valence-corrected chi connectivity index (χ0v) is 14.5. The van der Waals surface area contributed by atoms with Gasteiger partial charge in [-0.05, 0) is 19.1 Å². The minimum absolute atomic E-state index is 0.281. The summed E-state index contributed by atoms with van der Waals surface area (Å²) in [5, 5.41) is 13.5. The summed E-state index contributed by atoms with van der Waals surface area (Å²) in [5.41, 5.74) is -1.96. The van der Waals surface area contributed by atoms with Crippen molar-refractivity contribution in [3.8, 4) is 0 Å². The Morgan fingerprint density at radius 2 is 1.82 bits per heavy atom. The zero-order chi connectivity index (χ0) is 20.9. The Labute approximate surface area is 157 Å². The molecule has 0 saturated carbocycles. The van der Waals surface area contributed by atoms with E-state index in [1.54, 1.807) is 30.3 Å². The second-order valence-electron chi connectivity index (χ2n) is 5.75. The number of hydrogen-bond acceptors (Lipinski definition) is 6. The van der Waals surface area contributed by atoms with E-state index in [0.717, 1.165) is 6.07 Å². The normalized spacial score (nSPS) is 12.1. The number of nitro benzene ring substituents is 1. The molecule has 1 atom stereocenters. The molecule has 2 aromatic rings. The van der Waals surface area contributed by atoms with Crippen molar-refractivity contribution < 1.29 is 32.4 Å². The number of carbonyl (C=O) groups excluding carboxylic acids is 2. The summed E-state index contributed by atoms with van der Waals surface area (Å²) in [4.78, 5) is 34.0. The molecule has 0 unspecified atom stereocenters. The predicted octanol–water partition coefficient (Wildman–Crippen LogP) is 3.84. The topological polar surface area (TPSA) is 98.5 Å². The monoisotopic (exact) mass is 396 g/mol. The standard InChI is InChI=1S/C18H15F3N2O5/c1-11(17(25)28-10-16(24)12-5-3-2-4-6-12)22-14-8-7-13(18(19,20)21)9-15(14)23(26)27/h2-9,11,22H,10H2,1H3/t11-/m1/s1. The van der Waals surface area contributed by atoms with Crippen LogP contribution in [0.4, 0.5) is 24.5 Å². The number of esters is 1. The van der Waals surface area contributed by atoms with E-state index >= 15 is 0 Å². The number of ether oxygens (including phenoxy) is 1. The average molecular weight is 396 g/mol. The quantitative estimate of drug-likeness (QED) is 0.330. The van der Waals surface area contributed by atoms with E-state index in [4.69, 9.17) is 4.74 Å². The van der Waals surface area contributed by atoms with Gasteiger partial charge in [-0.25, -0.2) is 4.79 Å². The summed E-state index contributed by atoms with van der Waals surface area (Å²) in [6, 6.07) is 8.84. The van der Waals surface area contributed by atoms with Crippen LogP contribution in [0.2, 0.25) is 0 Å². The molecule has 0 bridgehead atoms. The Hall–Kier alpha value is -3.43. The molecule has 0 heterocycles. The molecule has 0 amide bonds. The average Bonchev–Trinajstić information content (AvgIpc) is 2.65. The highest BCUT2D eigenvalue weighted by Gasteiger charge is 2.33. The van der Waals surface area contributed by atoms with Crippen LogP contribution >= 0.6 is 0 Å². The van der Waals surface area contributed by atoms with Gasteiger partial charge in [0, 0.05) is 11.6 Å². The smallest absolute Gasteiger partial charge is 0.416 e. The van der Waals surface area contributed by atoms with Crippen LogP contribution in [0.15, 0.2) is 48.5 Å². The number of nitrogens with zero attached hydrogens (tertiary/aromatic N) is 1. The molecule has 0 saturated heterocycles. The molecule has 0 aromatic heterocycles. The molecule has 0 aliphatic rings. The van der Waals surface area contributed by atoms with Gasteiger partial charge in [-0.15, -0.1) is 0 Å². The van der Waals surface area contributed by atoms with E-state index in [2.05, 4.69) is 5.32 Å². The molecular formula is C18H15F3N2O5. The fraction of sp³-hybridized carbons (Fsp3) is 0.222. The highest BCUT2D eigenvalue weighted by Crippen LogP contribution is 2.35. The first-order chi connectivity index (χ1) is 13.1. The molecule has 0 fully saturated rings. The van der Waals surface area contributed by atoms with Crippen LogP contribution in [0.3, 0.4) is 0 Å². The van der Waals surface area contributed by atoms with Crippen LogP contribution in [0.5, 0.6) is 0 Å². The van der Waals surface area contributed by atoms with Crippen LogP contribution in [-0.2, 0) is 15.7 Å². The SMILES string of the molecule is C[C@@H](Nc1ccc(C(F)(F)F)cc1[N+](=O)[O-])C(=O)OCC(=O)c1ccccc1. The summed E-state index contributed by atoms with van der Waals surface area (Å²) in [7, 11) is 0. The minimum Gasteiger partial charge on any atom is -0.456 e. The molecule has 0 spiro atoms. The van der Waals surface area contributed by atoms with Gasteiger partial charge in [-0.1, -0.05) is 30.3 Å². The van der Waals surface area contributed by atoms with Crippen molar-refractivity contribution in [1.82, 2.24) is 0 Å². The number of Topliss-reactive ketones (excluding diaryl/α,β-unsaturated/α-hetero) is 1. The van der Waals surface area contributed by atoms with Gasteiger partial charge in [-0.2, -0.15) is 13.2 Å². The van der Waals surface area contributed by atoms with Crippen molar-refractivity contribution in [3.05, 3.63) is 69.8 Å². The number of hydrogen-bond donors (Lipinski definition) is 1. The van der Waals surface area contributed by atoms with Gasteiger partial charge in [0.15, 0.2) is 12.4 Å². The second kappa shape index (κ2) is 8.51. The summed E-state index contributed by atoms with van der Waals surface area (Å²) in [6.45, 7) is 0.765. The van der Waals surface area contributed by atoms with Gasteiger partial charge in [-0.3, -0.25) is 14.9 Å². The van der Waals surface area contributed by atoms with Crippen LogP contribution in [0, 0.1) is 10.1 Å². The number of anilines is 1. The third-order valence-corrected chi connectivity index (χ3v) is 3.69. The Morgan fingerprint density at radius 3 is 2.39 bits per heavy atom. The number of nitro groups is 1. The van der Waals surface area contributed by atoms with Crippen molar-refractivity contribution in [2.45, 2.75) is 19.1 Å². The third kappa shape index (κ3) is 5.29. The van der Waals surface area contributed by atoms with E-state index < -0.39 is 46.8 Å². The molecule has 2 aromatic carbocycles. The third-order valence-electron chi connectivity index (χ3n) is 3.69. The summed E-state index contributed by atoms with van der Waals surface area (Å²) in [6.07, 6.45) is -4.74. The van der Waals surface area contributed by atoms with Crippen molar-refractivity contribution in [3.63, 3.8) is 0 Å². The van der Waals surface area contributed by atoms with Crippen molar-refractivity contribution in [2.75, 3.05) is 11.9 Å².